The van der Waals surface area contributed by atoms with Crippen molar-refractivity contribution in [3.8, 4) is 5.82 Å². The molecule has 0 saturated heterocycles. The van der Waals surface area contributed by atoms with E-state index in [9.17, 15) is 18.0 Å². The van der Waals surface area contributed by atoms with Gasteiger partial charge in [0.1, 0.15) is 0 Å². The first-order valence-corrected chi connectivity index (χ1v) is 8.28. The normalized spacial score (nSPS) is 12.1. The molecule has 2 heterocycles. The first-order chi connectivity index (χ1) is 12.7. The number of halogens is 4. The summed E-state index contributed by atoms with van der Waals surface area (Å²) in [5.41, 5.74) is 0.0904. The van der Waals surface area contributed by atoms with E-state index in [1.165, 1.54) is 16.8 Å². The van der Waals surface area contributed by atoms with Crippen LogP contribution < -0.4 is 0 Å². The number of carbonyl (C=O) groups is 1. The summed E-state index contributed by atoms with van der Waals surface area (Å²) in [5.74, 6) is -0.113. The minimum absolute atomic E-state index is 0.122. The largest absolute Gasteiger partial charge is 0.417 e. The standard InChI is InChI=1S/C19H15ClF3N3O/c1-25(2)8-7-17(27)14-11-26(16-6-4-3-5-13(14)16)18-15(20)9-12(10-24-18)19(21,22)23/h3-11H,1-2H3. The van der Waals surface area contributed by atoms with E-state index in [1.54, 1.807) is 49.5 Å². The molecule has 4 nitrogen and oxygen atoms in total. The lowest BCUT2D eigenvalue weighted by Crippen LogP contribution is -2.07. The van der Waals surface area contributed by atoms with E-state index in [-0.39, 0.29) is 16.6 Å². The third kappa shape index (κ3) is 3.83. The van der Waals surface area contributed by atoms with Gasteiger partial charge in [-0.1, -0.05) is 29.8 Å². The van der Waals surface area contributed by atoms with E-state index < -0.39 is 11.7 Å². The van der Waals surface area contributed by atoms with E-state index >= 15 is 0 Å². The summed E-state index contributed by atoms with van der Waals surface area (Å²) >= 11 is 6.07. The minimum atomic E-state index is -4.54. The van der Waals surface area contributed by atoms with Crippen LogP contribution in [0.2, 0.25) is 5.02 Å². The fourth-order valence-corrected chi connectivity index (χ4v) is 2.88. The lowest BCUT2D eigenvalue weighted by Gasteiger charge is -2.10. The van der Waals surface area contributed by atoms with Gasteiger partial charge in [-0.2, -0.15) is 13.2 Å². The lowest BCUT2D eigenvalue weighted by atomic mass is 10.1. The van der Waals surface area contributed by atoms with Crippen molar-refractivity contribution >= 4 is 28.3 Å². The van der Waals surface area contributed by atoms with Crippen molar-refractivity contribution in [3.63, 3.8) is 0 Å². The number of rotatable bonds is 4. The number of pyridine rings is 1. The van der Waals surface area contributed by atoms with E-state index in [0.29, 0.717) is 16.5 Å². The molecule has 3 rings (SSSR count). The average molecular weight is 394 g/mol. The topological polar surface area (TPSA) is 38.1 Å². The average Bonchev–Trinajstić information content (AvgIpc) is 2.98. The quantitative estimate of drug-likeness (QED) is 0.464. The molecule has 0 aliphatic heterocycles. The molecule has 0 saturated carbocycles. The highest BCUT2D eigenvalue weighted by atomic mass is 35.5. The number of hydrogen-bond donors (Lipinski definition) is 0. The molecular formula is C19H15ClF3N3O. The van der Waals surface area contributed by atoms with Crippen molar-refractivity contribution in [1.82, 2.24) is 14.5 Å². The summed E-state index contributed by atoms with van der Waals surface area (Å²) in [6.07, 6.45) is 0.773. The Balaban J connectivity index is 2.15. The third-order valence-electron chi connectivity index (χ3n) is 3.88. The molecule has 0 spiro atoms. The Kier molecular flexibility index (Phi) is 4.97. The molecule has 2 aromatic heterocycles. The van der Waals surface area contributed by atoms with Gasteiger partial charge in [-0.3, -0.25) is 9.36 Å². The van der Waals surface area contributed by atoms with Crippen LogP contribution in [-0.4, -0.2) is 34.3 Å². The maximum absolute atomic E-state index is 12.9. The number of hydrogen-bond acceptors (Lipinski definition) is 3. The molecule has 8 heteroatoms. The minimum Gasteiger partial charge on any atom is -0.383 e. The monoisotopic (exact) mass is 393 g/mol. The zero-order valence-electron chi connectivity index (χ0n) is 14.5. The molecule has 0 amide bonds. The summed E-state index contributed by atoms with van der Waals surface area (Å²) in [7, 11) is 3.58. The SMILES string of the molecule is CN(C)C=CC(=O)c1cn(-c2ncc(C(F)(F)F)cc2Cl)c2ccccc12. The summed E-state index contributed by atoms with van der Waals surface area (Å²) < 4.78 is 40.1. The number of nitrogens with zero attached hydrogens (tertiary/aromatic N) is 3. The highest BCUT2D eigenvalue weighted by Gasteiger charge is 2.32. The fourth-order valence-electron chi connectivity index (χ4n) is 2.62. The Morgan fingerprint density at radius 1 is 1.26 bits per heavy atom. The zero-order valence-corrected chi connectivity index (χ0v) is 15.2. The van der Waals surface area contributed by atoms with Gasteiger partial charge in [-0.05, 0) is 12.1 Å². The van der Waals surface area contributed by atoms with Crippen LogP contribution in [0, 0.1) is 0 Å². The smallest absolute Gasteiger partial charge is 0.383 e. The molecule has 0 bridgehead atoms. The molecule has 0 aliphatic carbocycles. The van der Waals surface area contributed by atoms with Gasteiger partial charge in [0.2, 0.25) is 0 Å². The maximum atomic E-state index is 12.9. The highest BCUT2D eigenvalue weighted by Crippen LogP contribution is 2.33. The predicted molar refractivity (Wildman–Crippen MR) is 98.2 cm³/mol. The molecule has 0 unspecified atom stereocenters. The van der Waals surface area contributed by atoms with Crippen LogP contribution in [0.1, 0.15) is 15.9 Å². The Morgan fingerprint density at radius 3 is 2.59 bits per heavy atom. The molecule has 0 fully saturated rings. The first-order valence-electron chi connectivity index (χ1n) is 7.90. The Bertz CT molecular complexity index is 1040. The van der Waals surface area contributed by atoms with Crippen LogP contribution in [0.15, 0.2) is 55.0 Å². The second kappa shape index (κ2) is 7.08. The molecule has 27 heavy (non-hydrogen) atoms. The Hall–Kier alpha value is -2.80. The molecule has 3 aromatic rings. The van der Waals surface area contributed by atoms with Gasteiger partial charge in [-0.25, -0.2) is 4.98 Å². The maximum Gasteiger partial charge on any atom is 0.417 e. The van der Waals surface area contributed by atoms with Crippen LogP contribution in [0.3, 0.4) is 0 Å². The molecule has 0 radical (unpaired) electrons. The van der Waals surface area contributed by atoms with Crippen molar-refractivity contribution in [3.05, 3.63) is 71.2 Å². The lowest BCUT2D eigenvalue weighted by molar-refractivity contribution is -0.137. The number of benzene rings is 1. The highest BCUT2D eigenvalue weighted by molar-refractivity contribution is 6.32. The number of aromatic nitrogens is 2. The molecular weight excluding hydrogens is 379 g/mol. The molecule has 1 aromatic carbocycles. The van der Waals surface area contributed by atoms with Gasteiger partial charge in [0, 0.05) is 49.7 Å². The van der Waals surface area contributed by atoms with Crippen LogP contribution in [0.25, 0.3) is 16.7 Å². The number of fused-ring (bicyclic) bond motifs is 1. The number of allylic oxidation sites excluding steroid dienone is 1. The predicted octanol–water partition coefficient (Wildman–Crippen LogP) is 4.96. The van der Waals surface area contributed by atoms with Crippen LogP contribution in [0.5, 0.6) is 0 Å². The summed E-state index contributed by atoms with van der Waals surface area (Å²) in [5, 5.41) is 0.497. The molecule has 0 N–H and O–H groups in total. The van der Waals surface area contributed by atoms with Crippen LogP contribution in [0.4, 0.5) is 13.2 Å². The van der Waals surface area contributed by atoms with Gasteiger partial charge in [0.15, 0.2) is 11.6 Å². The van der Waals surface area contributed by atoms with E-state index in [1.807, 2.05) is 0 Å². The van der Waals surface area contributed by atoms with E-state index in [4.69, 9.17) is 11.6 Å². The molecule has 0 atom stereocenters. The van der Waals surface area contributed by atoms with Gasteiger partial charge in [-0.15, -0.1) is 0 Å². The van der Waals surface area contributed by atoms with Crippen molar-refractivity contribution in [2.45, 2.75) is 6.18 Å². The second-order valence-electron chi connectivity index (χ2n) is 6.10. The molecule has 0 aliphatic rings. The van der Waals surface area contributed by atoms with Gasteiger partial charge >= 0.3 is 6.18 Å². The molecule has 140 valence electrons. The fraction of sp³-hybridized carbons (Fsp3) is 0.158. The van der Waals surface area contributed by atoms with Gasteiger partial charge < -0.3 is 4.90 Å². The van der Waals surface area contributed by atoms with Crippen molar-refractivity contribution in [2.24, 2.45) is 0 Å². The summed E-state index contributed by atoms with van der Waals surface area (Å²) in [6.45, 7) is 0. The second-order valence-corrected chi connectivity index (χ2v) is 6.51. The van der Waals surface area contributed by atoms with Crippen molar-refractivity contribution in [1.29, 1.82) is 0 Å². The van der Waals surface area contributed by atoms with E-state index in [0.717, 1.165) is 12.3 Å². The number of para-hydroxylation sites is 1. The number of alkyl halides is 3. The zero-order chi connectivity index (χ0) is 19.8. The summed E-state index contributed by atoms with van der Waals surface area (Å²) in [6, 6.07) is 7.88. The van der Waals surface area contributed by atoms with Crippen LogP contribution >= 0.6 is 11.6 Å². The van der Waals surface area contributed by atoms with Gasteiger partial charge in [0.05, 0.1) is 16.1 Å². The Labute approximate surface area is 158 Å². The first kappa shape index (κ1) is 19.0. The Morgan fingerprint density at radius 2 is 1.96 bits per heavy atom. The van der Waals surface area contributed by atoms with Gasteiger partial charge in [0.25, 0.3) is 0 Å². The van der Waals surface area contributed by atoms with E-state index in [2.05, 4.69) is 4.98 Å². The van der Waals surface area contributed by atoms with Crippen LogP contribution in [-0.2, 0) is 6.18 Å². The number of carbonyl (C=O) groups excluding carboxylic acids is 1. The number of ketones is 1. The summed E-state index contributed by atoms with van der Waals surface area (Å²) in [4.78, 5) is 18.2. The van der Waals surface area contributed by atoms with Crippen molar-refractivity contribution in [2.75, 3.05) is 14.1 Å². The van der Waals surface area contributed by atoms with Crippen molar-refractivity contribution < 1.29 is 18.0 Å². The third-order valence-corrected chi connectivity index (χ3v) is 4.16.